The molecule has 0 aliphatic heterocycles. The van der Waals surface area contributed by atoms with Crippen LogP contribution >= 0.6 is 0 Å². The summed E-state index contributed by atoms with van der Waals surface area (Å²) in [5, 5.41) is 12.4. The first-order valence-corrected chi connectivity index (χ1v) is 8.49. The number of carbonyl (C=O) groups is 1. The monoisotopic (exact) mass is 325 g/mol. The van der Waals surface area contributed by atoms with Gasteiger partial charge in [0.15, 0.2) is 0 Å². The Labute approximate surface area is 144 Å². The van der Waals surface area contributed by atoms with Crippen molar-refractivity contribution in [2.75, 3.05) is 0 Å². The predicted molar refractivity (Wildman–Crippen MR) is 99.1 cm³/mol. The van der Waals surface area contributed by atoms with Gasteiger partial charge in [-0.05, 0) is 42.9 Å². The number of carboxylic acid groups (broad SMARTS) is 1. The second kappa shape index (κ2) is 8.11. The van der Waals surface area contributed by atoms with Crippen LogP contribution in [-0.2, 0) is 11.3 Å². The van der Waals surface area contributed by atoms with E-state index in [9.17, 15) is 9.90 Å². The Morgan fingerprint density at radius 1 is 1.00 bits per heavy atom. The second-order valence-corrected chi connectivity index (χ2v) is 6.97. The van der Waals surface area contributed by atoms with Gasteiger partial charge in [0.25, 0.3) is 0 Å². The molecule has 0 radical (unpaired) electrons. The van der Waals surface area contributed by atoms with Gasteiger partial charge in [-0.15, -0.1) is 0 Å². The molecule has 0 saturated heterocycles. The molecular formula is C21H27NO2. The summed E-state index contributed by atoms with van der Waals surface area (Å²) in [5.74, 6) is -0.430. The molecule has 0 aliphatic carbocycles. The van der Waals surface area contributed by atoms with Crippen LogP contribution in [0.5, 0.6) is 0 Å². The Morgan fingerprint density at radius 2 is 1.58 bits per heavy atom. The molecule has 2 aromatic rings. The van der Waals surface area contributed by atoms with Crippen molar-refractivity contribution in [1.82, 2.24) is 5.32 Å². The number of carboxylic acids is 1. The van der Waals surface area contributed by atoms with Crippen LogP contribution in [0.3, 0.4) is 0 Å². The van der Waals surface area contributed by atoms with E-state index < -0.39 is 12.0 Å². The van der Waals surface area contributed by atoms with Crippen LogP contribution in [0.1, 0.15) is 37.0 Å². The summed E-state index contributed by atoms with van der Waals surface area (Å²) >= 11 is 0. The number of aryl methyl sites for hydroxylation is 2. The van der Waals surface area contributed by atoms with Crippen molar-refractivity contribution < 1.29 is 9.90 Å². The molecule has 2 rings (SSSR count). The Bertz CT molecular complexity index is 669. The highest BCUT2D eigenvalue weighted by molar-refractivity contribution is 5.73. The standard InChI is InChI=1S/C21H27NO2/c1-14(2)9-20(21(23)24)22-13-17-5-7-18(8-6-17)19-11-15(3)10-16(4)12-19/h5-8,10-12,14,20,22H,9,13H2,1-4H3,(H,23,24)/t20-/m0/s1. The highest BCUT2D eigenvalue weighted by atomic mass is 16.4. The van der Waals surface area contributed by atoms with Crippen molar-refractivity contribution in [2.45, 2.75) is 46.7 Å². The molecule has 0 saturated carbocycles. The Hall–Kier alpha value is -2.13. The van der Waals surface area contributed by atoms with Crippen molar-refractivity contribution in [3.63, 3.8) is 0 Å². The molecule has 2 aromatic carbocycles. The van der Waals surface area contributed by atoms with E-state index in [2.05, 4.69) is 61.6 Å². The van der Waals surface area contributed by atoms with Crippen LogP contribution in [-0.4, -0.2) is 17.1 Å². The summed E-state index contributed by atoms with van der Waals surface area (Å²) in [7, 11) is 0. The molecule has 0 bridgehead atoms. The maximum absolute atomic E-state index is 11.3. The first-order chi connectivity index (χ1) is 11.3. The molecule has 0 fully saturated rings. The fourth-order valence-electron chi connectivity index (χ4n) is 2.94. The molecule has 24 heavy (non-hydrogen) atoms. The molecule has 3 nitrogen and oxygen atoms in total. The van der Waals surface area contributed by atoms with Gasteiger partial charge in [0.05, 0.1) is 0 Å². The second-order valence-electron chi connectivity index (χ2n) is 6.97. The first kappa shape index (κ1) is 18.2. The summed E-state index contributed by atoms with van der Waals surface area (Å²) < 4.78 is 0. The van der Waals surface area contributed by atoms with Gasteiger partial charge < -0.3 is 10.4 Å². The van der Waals surface area contributed by atoms with E-state index >= 15 is 0 Å². The van der Waals surface area contributed by atoms with E-state index in [0.29, 0.717) is 18.9 Å². The maximum Gasteiger partial charge on any atom is 0.320 e. The van der Waals surface area contributed by atoms with Crippen LogP contribution in [0.25, 0.3) is 11.1 Å². The molecule has 128 valence electrons. The smallest absolute Gasteiger partial charge is 0.320 e. The normalized spacial score (nSPS) is 12.4. The van der Waals surface area contributed by atoms with Crippen molar-refractivity contribution in [3.05, 3.63) is 59.2 Å². The van der Waals surface area contributed by atoms with Crippen LogP contribution in [0.4, 0.5) is 0 Å². The summed E-state index contributed by atoms with van der Waals surface area (Å²) in [6.07, 6.45) is 0.635. The van der Waals surface area contributed by atoms with Gasteiger partial charge in [0, 0.05) is 6.54 Å². The summed E-state index contributed by atoms with van der Waals surface area (Å²) in [6, 6.07) is 14.4. The molecule has 0 heterocycles. The lowest BCUT2D eigenvalue weighted by Gasteiger charge is -2.16. The van der Waals surface area contributed by atoms with Gasteiger partial charge >= 0.3 is 5.97 Å². The number of rotatable bonds is 7. The zero-order valence-electron chi connectivity index (χ0n) is 15.0. The van der Waals surface area contributed by atoms with Crippen LogP contribution in [0.15, 0.2) is 42.5 Å². The van der Waals surface area contributed by atoms with Crippen LogP contribution in [0.2, 0.25) is 0 Å². The van der Waals surface area contributed by atoms with Gasteiger partial charge in [0.2, 0.25) is 0 Å². The Morgan fingerprint density at radius 3 is 2.08 bits per heavy atom. The molecule has 0 amide bonds. The van der Waals surface area contributed by atoms with Gasteiger partial charge in [-0.3, -0.25) is 4.79 Å². The third-order valence-corrected chi connectivity index (χ3v) is 4.07. The topological polar surface area (TPSA) is 49.3 Å². The lowest BCUT2D eigenvalue weighted by molar-refractivity contribution is -0.140. The van der Waals surface area contributed by atoms with E-state index in [-0.39, 0.29) is 0 Å². The lowest BCUT2D eigenvalue weighted by Crippen LogP contribution is -2.37. The molecule has 1 atom stereocenters. The molecule has 3 heteroatoms. The predicted octanol–water partition coefficient (Wildman–Crippen LogP) is 4.56. The van der Waals surface area contributed by atoms with Gasteiger partial charge in [0.1, 0.15) is 6.04 Å². The highest BCUT2D eigenvalue weighted by Crippen LogP contribution is 2.22. The fourth-order valence-corrected chi connectivity index (χ4v) is 2.94. The SMILES string of the molecule is Cc1cc(C)cc(-c2ccc(CN[C@@H](CC(C)C)C(=O)O)cc2)c1. The Balaban J connectivity index is 2.05. The minimum Gasteiger partial charge on any atom is -0.480 e. The number of aliphatic carboxylic acids is 1. The first-order valence-electron chi connectivity index (χ1n) is 8.49. The highest BCUT2D eigenvalue weighted by Gasteiger charge is 2.17. The van der Waals surface area contributed by atoms with Crippen molar-refractivity contribution in [2.24, 2.45) is 5.92 Å². The van der Waals surface area contributed by atoms with E-state index in [4.69, 9.17) is 0 Å². The average Bonchev–Trinajstić information content (AvgIpc) is 2.50. The number of nitrogens with one attached hydrogen (secondary N) is 1. The summed E-state index contributed by atoms with van der Waals surface area (Å²) in [6.45, 7) is 8.86. The molecular weight excluding hydrogens is 298 g/mol. The summed E-state index contributed by atoms with van der Waals surface area (Å²) in [4.78, 5) is 11.3. The van der Waals surface area contributed by atoms with E-state index in [1.54, 1.807) is 0 Å². The van der Waals surface area contributed by atoms with Crippen molar-refractivity contribution in [1.29, 1.82) is 0 Å². The van der Waals surface area contributed by atoms with E-state index in [1.165, 1.54) is 22.3 Å². The third-order valence-electron chi connectivity index (χ3n) is 4.07. The molecule has 0 spiro atoms. The zero-order valence-corrected chi connectivity index (χ0v) is 15.0. The van der Waals surface area contributed by atoms with Gasteiger partial charge in [-0.2, -0.15) is 0 Å². The molecule has 0 aromatic heterocycles. The van der Waals surface area contributed by atoms with Crippen LogP contribution in [0, 0.1) is 19.8 Å². The quantitative estimate of drug-likeness (QED) is 0.784. The number of benzene rings is 2. The average molecular weight is 325 g/mol. The number of hydrogen-bond acceptors (Lipinski definition) is 2. The van der Waals surface area contributed by atoms with E-state index in [0.717, 1.165) is 5.56 Å². The molecule has 0 aliphatic rings. The zero-order chi connectivity index (χ0) is 17.7. The molecule has 2 N–H and O–H groups in total. The van der Waals surface area contributed by atoms with Crippen LogP contribution < -0.4 is 5.32 Å². The van der Waals surface area contributed by atoms with E-state index in [1.807, 2.05) is 13.8 Å². The molecule has 0 unspecified atom stereocenters. The minimum atomic E-state index is -0.782. The van der Waals surface area contributed by atoms with Gasteiger partial charge in [-0.1, -0.05) is 67.4 Å². The van der Waals surface area contributed by atoms with Crippen molar-refractivity contribution in [3.8, 4) is 11.1 Å². The fraction of sp³-hybridized carbons (Fsp3) is 0.381. The summed E-state index contributed by atoms with van der Waals surface area (Å²) in [5.41, 5.74) is 6.01. The maximum atomic E-state index is 11.3. The third kappa shape index (κ3) is 5.20. The Kier molecular flexibility index (Phi) is 6.16. The minimum absolute atomic E-state index is 0.352. The largest absolute Gasteiger partial charge is 0.480 e. The lowest BCUT2D eigenvalue weighted by atomic mass is 9.99. The number of hydrogen-bond donors (Lipinski definition) is 2. The van der Waals surface area contributed by atoms with Crippen molar-refractivity contribution >= 4 is 5.97 Å². The van der Waals surface area contributed by atoms with Gasteiger partial charge in [-0.25, -0.2) is 0 Å².